The summed E-state index contributed by atoms with van der Waals surface area (Å²) in [5.41, 5.74) is 2.25. The first-order chi connectivity index (χ1) is 17.5. The van der Waals surface area contributed by atoms with Crippen molar-refractivity contribution >= 4 is 17.7 Å². The Labute approximate surface area is 219 Å². The first-order valence-electron chi connectivity index (χ1n) is 12.8. The molecule has 2 aromatic rings. The summed E-state index contributed by atoms with van der Waals surface area (Å²) in [4.78, 5) is 40.6. The fourth-order valence-corrected chi connectivity index (χ4v) is 4.62. The number of nitrogens with one attached hydrogen (secondary N) is 2. The predicted octanol–water partition coefficient (Wildman–Crippen LogP) is 2.68. The van der Waals surface area contributed by atoms with Crippen LogP contribution in [0.1, 0.15) is 50.3 Å². The van der Waals surface area contributed by atoms with Crippen LogP contribution < -0.4 is 15.4 Å². The highest BCUT2D eigenvalue weighted by molar-refractivity contribution is 5.91. The second kappa shape index (κ2) is 12.2. The van der Waals surface area contributed by atoms with E-state index in [1.54, 1.807) is 0 Å². The van der Waals surface area contributed by atoms with Crippen LogP contribution in [0, 0.1) is 13.8 Å². The molecular formula is C29H39N3O5. The molecule has 0 unspecified atom stereocenters. The molecule has 1 aliphatic heterocycles. The number of aliphatic hydroxyl groups excluding tert-OH is 1. The van der Waals surface area contributed by atoms with Crippen LogP contribution in [0.4, 0.5) is 0 Å². The minimum atomic E-state index is -1.52. The fourth-order valence-electron chi connectivity index (χ4n) is 4.62. The van der Waals surface area contributed by atoms with Crippen LogP contribution in [0.5, 0.6) is 5.75 Å². The molecule has 3 amide bonds. The van der Waals surface area contributed by atoms with Crippen molar-refractivity contribution in [1.29, 1.82) is 0 Å². The van der Waals surface area contributed by atoms with E-state index in [4.69, 9.17) is 4.74 Å². The molecule has 3 N–H and O–H groups in total. The number of nitrogens with zero attached hydrogens (tertiary/aromatic N) is 1. The molecule has 1 aliphatic rings. The molecule has 1 fully saturated rings. The fraction of sp³-hybridized carbons (Fsp3) is 0.483. The number of likely N-dealkylation sites (tertiary alicyclic amines) is 1. The van der Waals surface area contributed by atoms with Gasteiger partial charge in [0.25, 0.3) is 11.8 Å². The minimum Gasteiger partial charge on any atom is -0.483 e. The monoisotopic (exact) mass is 509 g/mol. The number of para-hydroxylation sites is 1. The van der Waals surface area contributed by atoms with E-state index in [-0.39, 0.29) is 18.9 Å². The van der Waals surface area contributed by atoms with Gasteiger partial charge in [-0.2, -0.15) is 0 Å². The smallest absolute Gasteiger partial charge is 0.258 e. The summed E-state index contributed by atoms with van der Waals surface area (Å²) < 4.78 is 5.77. The highest BCUT2D eigenvalue weighted by Crippen LogP contribution is 2.23. The second-order valence-corrected chi connectivity index (χ2v) is 10.7. The molecule has 3 atom stereocenters. The number of carbonyl (C=O) groups is 3. The molecule has 37 heavy (non-hydrogen) atoms. The maximum Gasteiger partial charge on any atom is 0.258 e. The maximum atomic E-state index is 13.4. The number of amides is 3. The van der Waals surface area contributed by atoms with Gasteiger partial charge in [-0.15, -0.1) is 0 Å². The number of hydrogen-bond acceptors (Lipinski definition) is 5. The molecule has 1 saturated heterocycles. The highest BCUT2D eigenvalue weighted by atomic mass is 16.5. The Balaban J connectivity index is 1.73. The lowest BCUT2D eigenvalue weighted by molar-refractivity contribution is -0.147. The van der Waals surface area contributed by atoms with Crippen molar-refractivity contribution in [3.63, 3.8) is 0 Å². The number of ether oxygens (including phenoxy) is 1. The molecule has 200 valence electrons. The van der Waals surface area contributed by atoms with E-state index in [2.05, 4.69) is 10.6 Å². The SMILES string of the molecule is Cc1cccc(C)c1OCC(=O)N[C@@H](Cc1ccccc1)[C@H](O)C(=O)N1CCC[C@@H]1C(=O)NC(C)(C)C. The number of aryl methyl sites for hydroxylation is 2. The van der Waals surface area contributed by atoms with E-state index in [0.717, 1.165) is 16.7 Å². The van der Waals surface area contributed by atoms with E-state index in [9.17, 15) is 19.5 Å². The lowest BCUT2D eigenvalue weighted by atomic mass is 9.99. The van der Waals surface area contributed by atoms with Crippen molar-refractivity contribution in [2.75, 3.05) is 13.2 Å². The first kappa shape index (κ1) is 28.2. The van der Waals surface area contributed by atoms with Gasteiger partial charge in [0, 0.05) is 12.1 Å². The number of benzene rings is 2. The van der Waals surface area contributed by atoms with Crippen LogP contribution in [0.2, 0.25) is 0 Å². The van der Waals surface area contributed by atoms with Gasteiger partial charge in [0.1, 0.15) is 11.8 Å². The highest BCUT2D eigenvalue weighted by Gasteiger charge is 2.40. The van der Waals surface area contributed by atoms with Crippen molar-refractivity contribution in [3.05, 3.63) is 65.2 Å². The zero-order valence-electron chi connectivity index (χ0n) is 22.4. The minimum absolute atomic E-state index is 0.240. The third-order valence-electron chi connectivity index (χ3n) is 6.37. The summed E-state index contributed by atoms with van der Waals surface area (Å²) in [5.74, 6) is -0.614. The van der Waals surface area contributed by atoms with E-state index in [1.165, 1.54) is 4.90 Å². The zero-order valence-corrected chi connectivity index (χ0v) is 22.4. The van der Waals surface area contributed by atoms with Gasteiger partial charge < -0.3 is 25.4 Å². The molecule has 3 rings (SSSR count). The largest absolute Gasteiger partial charge is 0.483 e. The molecule has 0 spiro atoms. The van der Waals surface area contributed by atoms with Gasteiger partial charge in [0.2, 0.25) is 5.91 Å². The van der Waals surface area contributed by atoms with E-state index >= 15 is 0 Å². The second-order valence-electron chi connectivity index (χ2n) is 10.7. The van der Waals surface area contributed by atoms with Crippen molar-refractivity contribution in [2.24, 2.45) is 0 Å². The zero-order chi connectivity index (χ0) is 27.2. The number of rotatable bonds is 9. The molecule has 2 aromatic carbocycles. The molecule has 0 aromatic heterocycles. The van der Waals surface area contributed by atoms with Crippen LogP contribution in [-0.4, -0.2) is 64.6 Å². The Hall–Kier alpha value is -3.39. The normalized spacial score (nSPS) is 17.1. The Kier molecular flexibility index (Phi) is 9.32. The molecular weight excluding hydrogens is 470 g/mol. The van der Waals surface area contributed by atoms with Gasteiger partial charge in [-0.25, -0.2) is 0 Å². The summed E-state index contributed by atoms with van der Waals surface area (Å²) in [7, 11) is 0. The Morgan fingerprint density at radius 3 is 2.32 bits per heavy atom. The summed E-state index contributed by atoms with van der Waals surface area (Å²) in [6.07, 6.45) is -0.0812. The summed E-state index contributed by atoms with van der Waals surface area (Å²) in [6.45, 7) is 9.58. The Bertz CT molecular complexity index is 1080. The van der Waals surface area contributed by atoms with E-state index in [0.29, 0.717) is 25.1 Å². The van der Waals surface area contributed by atoms with Crippen molar-refractivity contribution in [3.8, 4) is 5.75 Å². The van der Waals surface area contributed by atoms with Crippen LogP contribution >= 0.6 is 0 Å². The Morgan fingerprint density at radius 2 is 1.70 bits per heavy atom. The van der Waals surface area contributed by atoms with Crippen LogP contribution in [0.25, 0.3) is 0 Å². The summed E-state index contributed by atoms with van der Waals surface area (Å²) in [5, 5.41) is 16.9. The standard InChI is InChI=1S/C29H39N3O5/c1-19-11-9-12-20(2)26(19)37-18-24(33)30-22(17-21-13-7-6-8-14-21)25(34)28(36)32-16-10-15-23(32)27(35)31-29(3,4)5/h6-9,11-14,22-23,25,34H,10,15-18H2,1-5H3,(H,30,33)(H,31,35)/t22-,23+,25-/m0/s1. The number of hydrogen-bond donors (Lipinski definition) is 3. The van der Waals surface area contributed by atoms with Crippen molar-refractivity contribution in [2.45, 2.75) is 77.6 Å². The van der Waals surface area contributed by atoms with Crippen molar-refractivity contribution < 1.29 is 24.2 Å². The molecule has 0 radical (unpaired) electrons. The number of aliphatic hydroxyl groups is 1. The van der Waals surface area contributed by atoms with Gasteiger partial charge in [-0.1, -0.05) is 48.5 Å². The van der Waals surface area contributed by atoms with Gasteiger partial charge in [-0.05, 0) is 70.6 Å². The van der Waals surface area contributed by atoms with Gasteiger partial charge >= 0.3 is 0 Å². The lowest BCUT2D eigenvalue weighted by Gasteiger charge is -2.32. The maximum absolute atomic E-state index is 13.4. The summed E-state index contributed by atoms with van der Waals surface area (Å²) in [6, 6.07) is 13.5. The van der Waals surface area contributed by atoms with Gasteiger partial charge in [0.05, 0.1) is 6.04 Å². The molecule has 0 aliphatic carbocycles. The lowest BCUT2D eigenvalue weighted by Crippen LogP contribution is -2.57. The first-order valence-corrected chi connectivity index (χ1v) is 12.8. The molecule has 8 nitrogen and oxygen atoms in total. The summed E-state index contributed by atoms with van der Waals surface area (Å²) >= 11 is 0. The van der Waals surface area contributed by atoms with Gasteiger partial charge in [0.15, 0.2) is 12.7 Å². The average Bonchev–Trinajstić information content (AvgIpc) is 3.32. The van der Waals surface area contributed by atoms with Crippen LogP contribution in [-0.2, 0) is 20.8 Å². The number of carbonyl (C=O) groups excluding carboxylic acids is 3. The van der Waals surface area contributed by atoms with E-state index in [1.807, 2.05) is 83.1 Å². The molecule has 0 saturated carbocycles. The molecule has 8 heteroatoms. The average molecular weight is 510 g/mol. The predicted molar refractivity (Wildman–Crippen MR) is 142 cm³/mol. The van der Waals surface area contributed by atoms with Crippen LogP contribution in [0.3, 0.4) is 0 Å². The third-order valence-corrected chi connectivity index (χ3v) is 6.37. The topological polar surface area (TPSA) is 108 Å². The van der Waals surface area contributed by atoms with E-state index < -0.39 is 35.5 Å². The van der Waals surface area contributed by atoms with Gasteiger partial charge in [-0.3, -0.25) is 14.4 Å². The molecule has 0 bridgehead atoms. The quantitative estimate of drug-likeness (QED) is 0.482. The van der Waals surface area contributed by atoms with Crippen molar-refractivity contribution in [1.82, 2.24) is 15.5 Å². The third kappa shape index (κ3) is 7.79. The van der Waals surface area contributed by atoms with Crippen LogP contribution in [0.15, 0.2) is 48.5 Å². The molecule has 1 heterocycles. The Morgan fingerprint density at radius 1 is 1.05 bits per heavy atom.